The molecule has 74 valence electrons. The van der Waals surface area contributed by atoms with E-state index in [0.717, 1.165) is 25.7 Å². The largest absolute Gasteiger partial charge is 0.267 e. The molecule has 14 heavy (non-hydrogen) atoms. The highest BCUT2D eigenvalue weighted by atomic mass is 79.9. The summed E-state index contributed by atoms with van der Waals surface area (Å²) in [7, 11) is 0. The van der Waals surface area contributed by atoms with E-state index in [-0.39, 0.29) is 5.82 Å². The van der Waals surface area contributed by atoms with Gasteiger partial charge in [-0.2, -0.15) is 0 Å². The van der Waals surface area contributed by atoms with Gasteiger partial charge in [-0.1, -0.05) is 27.7 Å². The van der Waals surface area contributed by atoms with Crippen molar-refractivity contribution in [3.05, 3.63) is 34.1 Å². The van der Waals surface area contributed by atoms with Crippen molar-refractivity contribution in [2.75, 3.05) is 11.5 Å². The summed E-state index contributed by atoms with van der Waals surface area (Å²) >= 11 is 6.78. The second-order valence-corrected chi connectivity index (χ2v) is 6.35. The Morgan fingerprint density at radius 3 is 2.93 bits per heavy atom. The Morgan fingerprint density at radius 1 is 1.43 bits per heavy atom. The Kier molecular flexibility index (Phi) is 3.57. The first-order valence-corrected chi connectivity index (χ1v) is 7.12. The number of hydrogen-bond acceptors (Lipinski definition) is 1. The molecule has 1 aliphatic rings. The van der Waals surface area contributed by atoms with Crippen LogP contribution in [0.5, 0.6) is 0 Å². The van der Waals surface area contributed by atoms with Gasteiger partial charge in [-0.25, -0.2) is 4.39 Å². The number of rotatable bonds is 1. The van der Waals surface area contributed by atoms with Crippen LogP contribution >= 0.6 is 27.7 Å². The SMILES string of the molecule is Fc1cc(Br)ccc1C1=[S+]CCCS1. The summed E-state index contributed by atoms with van der Waals surface area (Å²) in [6.45, 7) is 0. The average molecular weight is 292 g/mol. The third kappa shape index (κ3) is 2.35. The van der Waals surface area contributed by atoms with Gasteiger partial charge in [0.2, 0.25) is 0 Å². The summed E-state index contributed by atoms with van der Waals surface area (Å²) in [5.74, 6) is 2.09. The van der Waals surface area contributed by atoms with Gasteiger partial charge in [-0.15, -0.1) is 0 Å². The van der Waals surface area contributed by atoms with Crippen molar-refractivity contribution in [1.82, 2.24) is 0 Å². The van der Waals surface area contributed by atoms with Gasteiger partial charge in [0.1, 0.15) is 5.82 Å². The molecule has 1 heterocycles. The van der Waals surface area contributed by atoms with Gasteiger partial charge in [-0.05, 0) is 18.2 Å². The van der Waals surface area contributed by atoms with E-state index in [4.69, 9.17) is 0 Å². The molecule has 0 bridgehead atoms. The summed E-state index contributed by atoms with van der Waals surface area (Å²) in [6, 6.07) is 5.26. The summed E-state index contributed by atoms with van der Waals surface area (Å²) in [6.07, 6.45) is 1.22. The molecule has 0 saturated heterocycles. The first-order valence-electron chi connectivity index (χ1n) is 4.35. The molecule has 1 aromatic carbocycles. The van der Waals surface area contributed by atoms with Crippen molar-refractivity contribution in [1.29, 1.82) is 0 Å². The molecule has 1 aliphatic heterocycles. The van der Waals surface area contributed by atoms with Crippen LogP contribution in [-0.4, -0.2) is 15.7 Å². The van der Waals surface area contributed by atoms with Crippen LogP contribution in [0, 0.1) is 5.82 Å². The van der Waals surface area contributed by atoms with Crippen molar-refractivity contribution in [3.63, 3.8) is 0 Å². The predicted molar refractivity (Wildman–Crippen MR) is 67.5 cm³/mol. The smallest absolute Gasteiger partial charge is 0.206 e. The van der Waals surface area contributed by atoms with Crippen molar-refractivity contribution in [2.45, 2.75) is 6.42 Å². The van der Waals surface area contributed by atoms with Gasteiger partial charge < -0.3 is 0 Å². The highest BCUT2D eigenvalue weighted by molar-refractivity contribution is 9.10. The first kappa shape index (κ1) is 10.6. The normalized spacial score (nSPS) is 16.6. The van der Waals surface area contributed by atoms with E-state index in [2.05, 4.69) is 15.9 Å². The Balaban J connectivity index is 2.35. The van der Waals surface area contributed by atoms with Crippen molar-refractivity contribution < 1.29 is 4.39 Å². The fraction of sp³-hybridized carbons (Fsp3) is 0.300. The molecule has 2 rings (SSSR count). The molecule has 0 atom stereocenters. The summed E-state index contributed by atoms with van der Waals surface area (Å²) < 4.78 is 15.5. The fourth-order valence-electron chi connectivity index (χ4n) is 1.24. The van der Waals surface area contributed by atoms with Crippen LogP contribution in [0.2, 0.25) is 0 Å². The van der Waals surface area contributed by atoms with Crippen molar-refractivity contribution >= 4 is 43.2 Å². The van der Waals surface area contributed by atoms with Crippen LogP contribution in [-0.2, 0) is 11.4 Å². The van der Waals surface area contributed by atoms with Crippen LogP contribution in [0.1, 0.15) is 12.0 Å². The Labute approximate surface area is 99.4 Å². The lowest BCUT2D eigenvalue weighted by atomic mass is 10.2. The number of benzene rings is 1. The topological polar surface area (TPSA) is 0 Å². The zero-order chi connectivity index (χ0) is 9.97. The van der Waals surface area contributed by atoms with Gasteiger partial charge in [0, 0.05) is 16.6 Å². The molecule has 0 N–H and O–H groups in total. The van der Waals surface area contributed by atoms with Gasteiger partial charge in [0.25, 0.3) is 4.20 Å². The van der Waals surface area contributed by atoms with E-state index in [9.17, 15) is 4.39 Å². The maximum absolute atomic E-state index is 13.6. The van der Waals surface area contributed by atoms with E-state index in [1.165, 1.54) is 12.5 Å². The van der Waals surface area contributed by atoms with Crippen LogP contribution in [0.3, 0.4) is 0 Å². The number of thioether (sulfide) groups is 1. The van der Waals surface area contributed by atoms with E-state index in [0.29, 0.717) is 0 Å². The minimum atomic E-state index is -0.128. The Hall–Kier alpha value is 0.0700. The van der Waals surface area contributed by atoms with Crippen LogP contribution in [0.4, 0.5) is 4.39 Å². The van der Waals surface area contributed by atoms with Gasteiger partial charge in [0.05, 0.1) is 5.56 Å². The molecule has 0 aliphatic carbocycles. The predicted octanol–water partition coefficient (Wildman–Crippen LogP) is 3.29. The number of hydrogen-bond donors (Lipinski definition) is 0. The van der Waals surface area contributed by atoms with E-state index >= 15 is 0 Å². The molecule has 4 heteroatoms. The van der Waals surface area contributed by atoms with Crippen LogP contribution in [0.15, 0.2) is 22.7 Å². The molecule has 0 aromatic heterocycles. The minimum absolute atomic E-state index is 0.128. The molecule has 0 saturated carbocycles. The highest BCUT2D eigenvalue weighted by Gasteiger charge is 2.22. The third-order valence-electron chi connectivity index (χ3n) is 1.91. The van der Waals surface area contributed by atoms with E-state index in [1.54, 1.807) is 23.1 Å². The zero-order valence-corrected chi connectivity index (χ0v) is 10.6. The second-order valence-electron chi connectivity index (χ2n) is 2.96. The van der Waals surface area contributed by atoms with Gasteiger partial charge in [0.15, 0.2) is 17.1 Å². The fourth-order valence-corrected chi connectivity index (χ4v) is 4.18. The molecular weight excluding hydrogens is 283 g/mol. The van der Waals surface area contributed by atoms with E-state index < -0.39 is 0 Å². The highest BCUT2D eigenvalue weighted by Crippen LogP contribution is 2.22. The molecule has 1 aromatic rings. The number of halogens is 2. The molecule has 0 radical (unpaired) electrons. The quantitative estimate of drug-likeness (QED) is 0.565. The lowest BCUT2D eigenvalue weighted by Gasteiger charge is -2.03. The Morgan fingerprint density at radius 2 is 2.29 bits per heavy atom. The average Bonchev–Trinajstić information content (AvgIpc) is 2.19. The van der Waals surface area contributed by atoms with Gasteiger partial charge >= 0.3 is 0 Å². The van der Waals surface area contributed by atoms with E-state index in [1.807, 2.05) is 12.1 Å². The van der Waals surface area contributed by atoms with Crippen LogP contribution in [0.25, 0.3) is 0 Å². The second kappa shape index (κ2) is 4.73. The molecule has 0 unspecified atom stereocenters. The molecule has 0 spiro atoms. The van der Waals surface area contributed by atoms with Gasteiger partial charge in [-0.3, -0.25) is 0 Å². The maximum atomic E-state index is 13.6. The minimum Gasteiger partial charge on any atom is -0.206 e. The molecule has 0 nitrogen and oxygen atoms in total. The van der Waals surface area contributed by atoms with Crippen molar-refractivity contribution in [3.8, 4) is 0 Å². The molecule has 0 amide bonds. The monoisotopic (exact) mass is 291 g/mol. The lowest BCUT2D eigenvalue weighted by Crippen LogP contribution is -2.08. The maximum Gasteiger partial charge on any atom is 0.267 e. The summed E-state index contributed by atoms with van der Waals surface area (Å²) in [5, 5.41) is 0. The lowest BCUT2D eigenvalue weighted by molar-refractivity contribution is 0.625. The first-order chi connectivity index (χ1) is 6.77. The third-order valence-corrected chi connectivity index (χ3v) is 5.06. The molecule has 0 fully saturated rings. The Bertz CT molecular complexity index is 376. The summed E-state index contributed by atoms with van der Waals surface area (Å²) in [5.41, 5.74) is 0.753. The summed E-state index contributed by atoms with van der Waals surface area (Å²) in [4.78, 5) is 0. The molecular formula is C10H9BrFS2+. The standard InChI is InChI=1S/C10H9BrFS2/c11-7-2-3-8(9(12)6-7)10-13-4-1-5-14-10/h2-3,6H,1,4-5H2/q+1. The van der Waals surface area contributed by atoms with Crippen molar-refractivity contribution in [2.24, 2.45) is 0 Å². The van der Waals surface area contributed by atoms with Crippen LogP contribution < -0.4 is 0 Å². The zero-order valence-electron chi connectivity index (χ0n) is 7.43.